The zero-order chi connectivity index (χ0) is 15.6. The Hall–Kier alpha value is -1.74. The number of hydrogen-bond acceptors (Lipinski definition) is 5. The van der Waals surface area contributed by atoms with E-state index in [2.05, 4.69) is 5.32 Å². The van der Waals surface area contributed by atoms with E-state index in [4.69, 9.17) is 0 Å². The zero-order valence-electron chi connectivity index (χ0n) is 11.5. The summed E-state index contributed by atoms with van der Waals surface area (Å²) < 4.78 is 37.4. The number of nitro benzene ring substituents is 1. The van der Waals surface area contributed by atoms with Gasteiger partial charge in [-0.2, -0.15) is 0 Å². The van der Waals surface area contributed by atoms with Crippen molar-refractivity contribution in [1.82, 2.24) is 4.31 Å². The molecular formula is C12H16FN3O4S. The van der Waals surface area contributed by atoms with E-state index >= 15 is 0 Å². The molecule has 0 spiro atoms. The number of hydrogen-bond donors (Lipinski definition) is 1. The van der Waals surface area contributed by atoms with Gasteiger partial charge in [-0.25, -0.2) is 17.1 Å². The van der Waals surface area contributed by atoms with Crippen molar-refractivity contribution < 1.29 is 17.7 Å². The van der Waals surface area contributed by atoms with Gasteiger partial charge in [0.1, 0.15) is 11.5 Å². The van der Waals surface area contributed by atoms with Crippen LogP contribution in [0, 0.1) is 15.9 Å². The Kier molecular flexibility index (Phi) is 4.43. The van der Waals surface area contributed by atoms with Gasteiger partial charge in [0.25, 0.3) is 5.69 Å². The Bertz CT molecular complexity index is 642. The molecule has 0 atom stereocenters. The summed E-state index contributed by atoms with van der Waals surface area (Å²) >= 11 is 0. The Morgan fingerprint density at radius 1 is 1.38 bits per heavy atom. The predicted molar refractivity (Wildman–Crippen MR) is 76.1 cm³/mol. The first-order chi connectivity index (χ1) is 9.77. The highest BCUT2D eigenvalue weighted by atomic mass is 32.2. The van der Waals surface area contributed by atoms with Crippen LogP contribution in [0.4, 0.5) is 15.8 Å². The summed E-state index contributed by atoms with van der Waals surface area (Å²) in [6, 6.07) is 3.11. The molecule has 0 unspecified atom stereocenters. The Balaban J connectivity index is 2.07. The molecule has 1 saturated heterocycles. The Labute approximate surface area is 122 Å². The van der Waals surface area contributed by atoms with Crippen LogP contribution in [0.15, 0.2) is 18.2 Å². The summed E-state index contributed by atoms with van der Waals surface area (Å²) in [6.45, 7) is 0.694. The summed E-state index contributed by atoms with van der Waals surface area (Å²) in [5, 5.41) is 13.9. The summed E-state index contributed by atoms with van der Waals surface area (Å²) in [5.41, 5.74) is -0.0697. The summed E-state index contributed by atoms with van der Waals surface area (Å²) in [4.78, 5) is 10.3. The maximum absolute atomic E-state index is 13.2. The van der Waals surface area contributed by atoms with Crippen LogP contribution in [-0.4, -0.2) is 43.0 Å². The molecule has 1 heterocycles. The highest BCUT2D eigenvalue weighted by Crippen LogP contribution is 2.27. The molecule has 1 aliphatic heterocycles. The lowest BCUT2D eigenvalue weighted by Gasteiger charge is -2.31. The third-order valence-corrected chi connectivity index (χ3v) is 4.74. The predicted octanol–water partition coefficient (Wildman–Crippen LogP) is 1.57. The van der Waals surface area contributed by atoms with Crippen molar-refractivity contribution in [3.63, 3.8) is 0 Å². The van der Waals surface area contributed by atoms with Crippen molar-refractivity contribution in [2.75, 3.05) is 24.7 Å². The molecule has 1 aromatic carbocycles. The molecule has 0 saturated carbocycles. The summed E-state index contributed by atoms with van der Waals surface area (Å²) in [5.74, 6) is -0.559. The van der Waals surface area contributed by atoms with E-state index in [1.54, 1.807) is 0 Å². The van der Waals surface area contributed by atoms with Crippen LogP contribution >= 0.6 is 0 Å². The minimum absolute atomic E-state index is 0.122. The molecule has 2 rings (SSSR count). The molecule has 0 aromatic heterocycles. The molecule has 0 radical (unpaired) electrons. The fourth-order valence-corrected chi connectivity index (χ4v) is 3.21. The molecule has 21 heavy (non-hydrogen) atoms. The fraction of sp³-hybridized carbons (Fsp3) is 0.500. The molecule has 1 fully saturated rings. The maximum Gasteiger partial charge on any atom is 0.292 e. The number of anilines is 1. The molecule has 9 heteroatoms. The van der Waals surface area contributed by atoms with Gasteiger partial charge in [-0.1, -0.05) is 0 Å². The summed E-state index contributed by atoms with van der Waals surface area (Å²) in [6.07, 6.45) is 2.18. The molecule has 0 bridgehead atoms. The third-order valence-electron chi connectivity index (χ3n) is 3.44. The van der Waals surface area contributed by atoms with Crippen LogP contribution in [0.1, 0.15) is 12.8 Å². The van der Waals surface area contributed by atoms with Gasteiger partial charge in [-0.05, 0) is 18.9 Å². The van der Waals surface area contributed by atoms with Crippen molar-refractivity contribution in [3.05, 3.63) is 34.1 Å². The van der Waals surface area contributed by atoms with E-state index in [0.717, 1.165) is 24.5 Å². The maximum atomic E-state index is 13.2. The van der Waals surface area contributed by atoms with Crippen LogP contribution in [-0.2, 0) is 10.0 Å². The van der Waals surface area contributed by atoms with Gasteiger partial charge in [0.05, 0.1) is 11.2 Å². The van der Waals surface area contributed by atoms with E-state index in [1.165, 1.54) is 4.31 Å². The number of nitrogens with one attached hydrogen (secondary N) is 1. The van der Waals surface area contributed by atoms with Crippen LogP contribution in [0.2, 0.25) is 0 Å². The molecule has 1 aromatic rings. The second-order valence-electron chi connectivity index (χ2n) is 5.00. The zero-order valence-corrected chi connectivity index (χ0v) is 12.3. The first kappa shape index (κ1) is 15.6. The van der Waals surface area contributed by atoms with Crippen LogP contribution < -0.4 is 5.32 Å². The molecular weight excluding hydrogens is 301 g/mol. The number of nitrogens with zero attached hydrogens (tertiary/aromatic N) is 2. The molecule has 1 N–H and O–H groups in total. The topological polar surface area (TPSA) is 92.6 Å². The van der Waals surface area contributed by atoms with E-state index in [1.807, 2.05) is 0 Å². The Morgan fingerprint density at radius 3 is 2.52 bits per heavy atom. The molecule has 1 aliphatic rings. The van der Waals surface area contributed by atoms with E-state index < -0.39 is 20.8 Å². The van der Waals surface area contributed by atoms with E-state index in [9.17, 15) is 22.9 Å². The van der Waals surface area contributed by atoms with Gasteiger partial charge in [0, 0.05) is 31.3 Å². The lowest BCUT2D eigenvalue weighted by Crippen LogP contribution is -2.41. The lowest BCUT2D eigenvalue weighted by atomic mass is 10.1. The molecule has 0 amide bonds. The fourth-order valence-electron chi connectivity index (χ4n) is 2.33. The van der Waals surface area contributed by atoms with Crippen molar-refractivity contribution in [2.45, 2.75) is 18.9 Å². The van der Waals surface area contributed by atoms with Gasteiger partial charge in [0.2, 0.25) is 10.0 Å². The van der Waals surface area contributed by atoms with Gasteiger partial charge in [-0.3, -0.25) is 10.1 Å². The highest BCUT2D eigenvalue weighted by molar-refractivity contribution is 7.88. The van der Waals surface area contributed by atoms with Gasteiger partial charge in [0.15, 0.2) is 0 Å². The minimum Gasteiger partial charge on any atom is -0.377 e. The van der Waals surface area contributed by atoms with Crippen LogP contribution in [0.3, 0.4) is 0 Å². The standard InChI is InChI=1S/C12H16FN3O4S/c1-21(19,20)15-6-4-10(5-7-15)14-11-8-9(13)2-3-12(11)16(17)18/h2-3,8,10,14H,4-7H2,1H3. The number of halogens is 1. The average Bonchev–Trinajstić information content (AvgIpc) is 2.38. The van der Waals surface area contributed by atoms with Gasteiger partial charge < -0.3 is 5.32 Å². The van der Waals surface area contributed by atoms with Crippen LogP contribution in [0.5, 0.6) is 0 Å². The van der Waals surface area contributed by atoms with Gasteiger partial charge >= 0.3 is 0 Å². The van der Waals surface area contributed by atoms with E-state index in [-0.39, 0.29) is 17.4 Å². The second kappa shape index (κ2) is 5.94. The Morgan fingerprint density at radius 2 is 2.00 bits per heavy atom. The monoisotopic (exact) mass is 317 g/mol. The smallest absolute Gasteiger partial charge is 0.292 e. The normalized spacial score (nSPS) is 17.6. The number of piperidine rings is 1. The van der Waals surface area contributed by atoms with Crippen LogP contribution in [0.25, 0.3) is 0 Å². The third kappa shape index (κ3) is 3.88. The largest absolute Gasteiger partial charge is 0.377 e. The van der Waals surface area contributed by atoms with Crippen molar-refractivity contribution >= 4 is 21.4 Å². The highest BCUT2D eigenvalue weighted by Gasteiger charge is 2.26. The van der Waals surface area contributed by atoms with Crippen molar-refractivity contribution in [3.8, 4) is 0 Å². The SMILES string of the molecule is CS(=O)(=O)N1CCC(Nc2cc(F)ccc2[N+](=O)[O-])CC1. The van der Waals surface area contributed by atoms with E-state index in [0.29, 0.717) is 25.9 Å². The summed E-state index contributed by atoms with van der Waals surface area (Å²) in [7, 11) is -3.21. The average molecular weight is 317 g/mol. The second-order valence-corrected chi connectivity index (χ2v) is 6.98. The number of nitro groups is 1. The number of sulfonamides is 1. The van der Waals surface area contributed by atoms with Gasteiger partial charge in [-0.15, -0.1) is 0 Å². The molecule has 7 nitrogen and oxygen atoms in total. The number of rotatable bonds is 4. The number of benzene rings is 1. The van der Waals surface area contributed by atoms with Crippen molar-refractivity contribution in [2.24, 2.45) is 0 Å². The minimum atomic E-state index is -3.21. The first-order valence-corrected chi connectivity index (χ1v) is 8.28. The molecule has 0 aliphatic carbocycles. The quantitative estimate of drug-likeness (QED) is 0.672. The lowest BCUT2D eigenvalue weighted by molar-refractivity contribution is -0.384. The van der Waals surface area contributed by atoms with Crippen molar-refractivity contribution in [1.29, 1.82) is 0 Å². The molecule has 116 valence electrons. The first-order valence-electron chi connectivity index (χ1n) is 6.43.